The Kier molecular flexibility index (Phi) is 8.17. The molecule has 0 aliphatic carbocycles. The minimum atomic E-state index is 0.0683. The predicted molar refractivity (Wildman–Crippen MR) is 107 cm³/mol. The van der Waals surface area contributed by atoms with E-state index in [4.69, 9.17) is 9.47 Å². The molecule has 0 fully saturated rings. The fourth-order valence-corrected chi connectivity index (χ4v) is 2.98. The third-order valence-corrected chi connectivity index (χ3v) is 4.58. The van der Waals surface area contributed by atoms with Crippen LogP contribution in [0.25, 0.3) is 10.8 Å². The number of allylic oxidation sites excluding steroid dienone is 1. The second-order valence-corrected chi connectivity index (χ2v) is 6.95. The van der Waals surface area contributed by atoms with Crippen molar-refractivity contribution in [2.45, 2.75) is 58.7 Å². The molecule has 25 heavy (non-hydrogen) atoms. The number of unbranched alkanes of at least 4 members (excludes halogenated alkanes) is 1. The van der Waals surface area contributed by atoms with Crippen molar-refractivity contribution >= 4 is 10.8 Å². The molecule has 2 unspecified atom stereocenters. The van der Waals surface area contributed by atoms with Crippen LogP contribution in [-0.4, -0.2) is 19.8 Å². The lowest BCUT2D eigenvalue weighted by atomic mass is 10.0. The maximum atomic E-state index is 6.31. The second-order valence-electron chi connectivity index (χ2n) is 6.95. The number of hydrogen-bond donors (Lipinski definition) is 0. The molecule has 0 saturated carbocycles. The lowest BCUT2D eigenvalue weighted by Gasteiger charge is -2.22. The molecule has 136 valence electrons. The third kappa shape index (κ3) is 6.30. The lowest BCUT2D eigenvalue weighted by Crippen LogP contribution is -2.20. The molecule has 0 N–H and O–H groups in total. The summed E-state index contributed by atoms with van der Waals surface area (Å²) < 4.78 is 11.9. The Bertz CT molecular complexity index is 671. The van der Waals surface area contributed by atoms with Crippen LogP contribution in [0.15, 0.2) is 54.1 Å². The molecule has 2 rings (SSSR count). The molecule has 0 aliphatic heterocycles. The molecular weight excluding hydrogens is 308 g/mol. The number of methoxy groups -OCH3 is 1. The largest absolute Gasteiger partial charge is 0.379 e. The quantitative estimate of drug-likeness (QED) is 0.462. The Hall–Kier alpha value is -1.64. The molecule has 0 spiro atoms. The Morgan fingerprint density at radius 1 is 1.08 bits per heavy atom. The first kappa shape index (κ1) is 19.7. The summed E-state index contributed by atoms with van der Waals surface area (Å²) in [6, 6.07) is 15.1. The third-order valence-electron chi connectivity index (χ3n) is 4.58. The van der Waals surface area contributed by atoms with Gasteiger partial charge in [0.2, 0.25) is 0 Å². The van der Waals surface area contributed by atoms with Gasteiger partial charge in [-0.05, 0) is 49.1 Å². The molecule has 0 heterocycles. The van der Waals surface area contributed by atoms with Gasteiger partial charge in [0, 0.05) is 7.11 Å². The normalized spacial score (nSPS) is 13.6. The fraction of sp³-hybridized carbons (Fsp3) is 0.478. The van der Waals surface area contributed by atoms with Crippen LogP contribution in [0.3, 0.4) is 0 Å². The molecule has 0 aliphatic rings. The summed E-state index contributed by atoms with van der Waals surface area (Å²) in [5.74, 6) is 0. The smallest absolute Gasteiger partial charge is 0.0860 e. The molecule has 0 aromatic heterocycles. The first-order valence-corrected chi connectivity index (χ1v) is 9.40. The van der Waals surface area contributed by atoms with Gasteiger partial charge in [-0.15, -0.1) is 0 Å². The van der Waals surface area contributed by atoms with Crippen molar-refractivity contribution in [3.63, 3.8) is 0 Å². The average Bonchev–Trinajstić information content (AvgIpc) is 2.63. The van der Waals surface area contributed by atoms with Gasteiger partial charge in [0.15, 0.2) is 0 Å². The van der Waals surface area contributed by atoms with Crippen LogP contribution in [0.5, 0.6) is 0 Å². The maximum absolute atomic E-state index is 6.31. The summed E-state index contributed by atoms with van der Waals surface area (Å²) in [5, 5.41) is 2.53. The van der Waals surface area contributed by atoms with Gasteiger partial charge in [0.1, 0.15) is 0 Å². The number of benzene rings is 2. The number of ether oxygens (including phenoxy) is 2. The number of fused-ring (bicyclic) bond motifs is 1. The Morgan fingerprint density at radius 2 is 1.84 bits per heavy atom. The van der Waals surface area contributed by atoms with Gasteiger partial charge < -0.3 is 9.47 Å². The van der Waals surface area contributed by atoms with Crippen LogP contribution in [-0.2, 0) is 9.47 Å². The van der Waals surface area contributed by atoms with Crippen molar-refractivity contribution in [3.8, 4) is 0 Å². The standard InChI is InChI=1S/C23H32O2/c1-5-6-11-22(24-4)17-25-23(15-12-18(2)3)21-14-13-19-9-7-8-10-20(19)16-21/h7-10,12-14,16,22-23H,5-6,11,15,17H2,1-4H3. The zero-order valence-corrected chi connectivity index (χ0v) is 16.1. The fourth-order valence-electron chi connectivity index (χ4n) is 2.98. The van der Waals surface area contributed by atoms with Gasteiger partial charge in [0.25, 0.3) is 0 Å². The minimum absolute atomic E-state index is 0.0683. The van der Waals surface area contributed by atoms with Gasteiger partial charge in [-0.2, -0.15) is 0 Å². The number of rotatable bonds is 10. The van der Waals surface area contributed by atoms with Crippen LogP contribution in [0.2, 0.25) is 0 Å². The van der Waals surface area contributed by atoms with Gasteiger partial charge in [-0.1, -0.05) is 67.8 Å². The summed E-state index contributed by atoms with van der Waals surface area (Å²) in [5.41, 5.74) is 2.56. The van der Waals surface area contributed by atoms with E-state index in [1.807, 2.05) is 0 Å². The summed E-state index contributed by atoms with van der Waals surface area (Å²) in [6.45, 7) is 7.12. The van der Waals surface area contributed by atoms with E-state index in [0.29, 0.717) is 6.61 Å². The molecule has 0 bridgehead atoms. The van der Waals surface area contributed by atoms with Crippen molar-refractivity contribution in [2.75, 3.05) is 13.7 Å². The molecule has 2 aromatic carbocycles. The Balaban J connectivity index is 2.14. The van der Waals surface area contributed by atoms with Crippen molar-refractivity contribution in [1.29, 1.82) is 0 Å². The highest BCUT2D eigenvalue weighted by Gasteiger charge is 2.15. The van der Waals surface area contributed by atoms with Gasteiger partial charge >= 0.3 is 0 Å². The molecule has 2 atom stereocenters. The molecule has 2 heteroatoms. The van der Waals surface area contributed by atoms with E-state index < -0.39 is 0 Å². The molecule has 0 radical (unpaired) electrons. The zero-order chi connectivity index (χ0) is 18.1. The summed E-state index contributed by atoms with van der Waals surface area (Å²) in [6.07, 6.45) is 6.81. The van der Waals surface area contributed by atoms with Crippen molar-refractivity contribution in [3.05, 3.63) is 59.7 Å². The highest BCUT2D eigenvalue weighted by molar-refractivity contribution is 5.83. The molecule has 0 amide bonds. The first-order valence-electron chi connectivity index (χ1n) is 9.40. The molecule has 0 saturated heterocycles. The van der Waals surface area contributed by atoms with Gasteiger partial charge in [-0.25, -0.2) is 0 Å². The monoisotopic (exact) mass is 340 g/mol. The van der Waals surface area contributed by atoms with E-state index in [2.05, 4.69) is 69.3 Å². The molecular formula is C23H32O2. The predicted octanol–water partition coefficient (Wildman–Crippen LogP) is 6.46. The second kappa shape index (κ2) is 10.4. The number of hydrogen-bond acceptors (Lipinski definition) is 2. The lowest BCUT2D eigenvalue weighted by molar-refractivity contribution is -0.0310. The SMILES string of the molecule is CCCCC(COC(CC=C(C)C)c1ccc2ccccc2c1)OC. The Labute approximate surface area is 152 Å². The topological polar surface area (TPSA) is 18.5 Å². The zero-order valence-electron chi connectivity index (χ0n) is 16.1. The highest BCUT2D eigenvalue weighted by atomic mass is 16.5. The van der Waals surface area contributed by atoms with E-state index in [1.54, 1.807) is 7.11 Å². The summed E-state index contributed by atoms with van der Waals surface area (Å²) >= 11 is 0. The van der Waals surface area contributed by atoms with Crippen LogP contribution in [0, 0.1) is 0 Å². The van der Waals surface area contributed by atoms with Crippen LogP contribution in [0.4, 0.5) is 0 Å². The van der Waals surface area contributed by atoms with Gasteiger partial charge in [0.05, 0.1) is 18.8 Å². The van der Waals surface area contributed by atoms with E-state index in [9.17, 15) is 0 Å². The highest BCUT2D eigenvalue weighted by Crippen LogP contribution is 2.27. The van der Waals surface area contributed by atoms with Crippen LogP contribution in [0.1, 0.15) is 58.1 Å². The summed E-state index contributed by atoms with van der Waals surface area (Å²) in [4.78, 5) is 0. The van der Waals surface area contributed by atoms with Crippen LogP contribution < -0.4 is 0 Å². The van der Waals surface area contributed by atoms with E-state index in [0.717, 1.165) is 12.8 Å². The minimum Gasteiger partial charge on any atom is -0.379 e. The van der Waals surface area contributed by atoms with Crippen molar-refractivity contribution in [1.82, 2.24) is 0 Å². The first-order chi connectivity index (χ1) is 12.1. The molecule has 2 aromatic rings. The van der Waals surface area contributed by atoms with E-state index >= 15 is 0 Å². The van der Waals surface area contributed by atoms with E-state index in [1.165, 1.54) is 34.8 Å². The average molecular weight is 341 g/mol. The summed E-state index contributed by atoms with van der Waals surface area (Å²) in [7, 11) is 1.78. The van der Waals surface area contributed by atoms with Crippen molar-refractivity contribution < 1.29 is 9.47 Å². The maximum Gasteiger partial charge on any atom is 0.0860 e. The molecule has 2 nitrogen and oxygen atoms in total. The van der Waals surface area contributed by atoms with E-state index in [-0.39, 0.29) is 12.2 Å². The van der Waals surface area contributed by atoms with Gasteiger partial charge in [-0.3, -0.25) is 0 Å². The Morgan fingerprint density at radius 3 is 2.52 bits per heavy atom. The van der Waals surface area contributed by atoms with Crippen molar-refractivity contribution in [2.24, 2.45) is 0 Å². The van der Waals surface area contributed by atoms with Crippen LogP contribution >= 0.6 is 0 Å².